The molecule has 0 aliphatic heterocycles. The lowest BCUT2D eigenvalue weighted by atomic mass is 10.1. The lowest BCUT2D eigenvalue weighted by Gasteiger charge is -2.07. The lowest BCUT2D eigenvalue weighted by Crippen LogP contribution is -2.22. The number of imidazole rings is 1. The molecule has 0 amide bonds. The smallest absolute Gasteiger partial charge is 0.167 e. The minimum Gasteiger partial charge on any atom is -0.385 e. The number of aromatic nitrogens is 4. The summed E-state index contributed by atoms with van der Waals surface area (Å²) >= 11 is 0. The maximum absolute atomic E-state index is 9.80. The standard InChI is InChI=1S/C25H26N6O2/c1-18(32)25-28-12-13-31(25)17-23-14-24(33-30-23)21-7-4-19(5-8-21)2-3-20-6-9-22(29-15-20)16-27-11-10-26/h4-9,12-15,18,27,32H,10-11,16-17,26H2,1H3. The minimum absolute atomic E-state index is 0.475. The van der Waals surface area contributed by atoms with Crippen LogP contribution < -0.4 is 11.1 Å². The first-order valence-corrected chi connectivity index (χ1v) is 10.8. The summed E-state index contributed by atoms with van der Waals surface area (Å²) in [5.74, 6) is 7.57. The Morgan fingerprint density at radius 1 is 1.09 bits per heavy atom. The van der Waals surface area contributed by atoms with Gasteiger partial charge < -0.3 is 25.2 Å². The molecule has 0 saturated carbocycles. The molecule has 33 heavy (non-hydrogen) atoms. The van der Waals surface area contributed by atoms with Crippen molar-refractivity contribution >= 4 is 0 Å². The van der Waals surface area contributed by atoms with Crippen LogP contribution in [0, 0.1) is 11.8 Å². The Kier molecular flexibility index (Phi) is 7.27. The van der Waals surface area contributed by atoms with Gasteiger partial charge in [-0.1, -0.05) is 17.0 Å². The summed E-state index contributed by atoms with van der Waals surface area (Å²) in [5, 5.41) is 17.2. The highest BCUT2D eigenvalue weighted by molar-refractivity contribution is 5.59. The van der Waals surface area contributed by atoms with Crippen LogP contribution in [-0.2, 0) is 13.1 Å². The van der Waals surface area contributed by atoms with Crippen molar-refractivity contribution in [3.63, 3.8) is 0 Å². The third-order valence-corrected chi connectivity index (χ3v) is 4.99. The predicted octanol–water partition coefficient (Wildman–Crippen LogP) is 2.48. The van der Waals surface area contributed by atoms with Gasteiger partial charge in [-0.3, -0.25) is 4.98 Å². The summed E-state index contributed by atoms with van der Waals surface area (Å²) in [7, 11) is 0. The Labute approximate surface area is 192 Å². The monoisotopic (exact) mass is 442 g/mol. The summed E-state index contributed by atoms with van der Waals surface area (Å²) < 4.78 is 7.36. The quantitative estimate of drug-likeness (QED) is 0.284. The van der Waals surface area contributed by atoms with Crippen molar-refractivity contribution in [2.45, 2.75) is 26.1 Å². The Morgan fingerprint density at radius 3 is 2.61 bits per heavy atom. The molecule has 1 atom stereocenters. The van der Waals surface area contributed by atoms with Crippen molar-refractivity contribution in [3.8, 4) is 23.2 Å². The summed E-state index contributed by atoms with van der Waals surface area (Å²) in [4.78, 5) is 8.59. The molecule has 0 radical (unpaired) electrons. The van der Waals surface area contributed by atoms with E-state index < -0.39 is 6.10 Å². The van der Waals surface area contributed by atoms with Gasteiger partial charge in [0.25, 0.3) is 0 Å². The second kappa shape index (κ2) is 10.7. The molecule has 1 unspecified atom stereocenters. The molecule has 1 aromatic carbocycles. The van der Waals surface area contributed by atoms with Crippen molar-refractivity contribution in [1.29, 1.82) is 0 Å². The van der Waals surface area contributed by atoms with Crippen molar-refractivity contribution in [2.24, 2.45) is 5.73 Å². The molecule has 0 spiro atoms. The highest BCUT2D eigenvalue weighted by Gasteiger charge is 2.12. The van der Waals surface area contributed by atoms with E-state index in [-0.39, 0.29) is 0 Å². The van der Waals surface area contributed by atoms with Crippen LogP contribution in [-0.4, -0.2) is 37.9 Å². The van der Waals surface area contributed by atoms with E-state index in [0.29, 0.717) is 31.2 Å². The van der Waals surface area contributed by atoms with E-state index >= 15 is 0 Å². The molecule has 4 N–H and O–H groups in total. The SMILES string of the molecule is CC(O)c1nccn1Cc1cc(-c2ccc(C#Cc3ccc(CNCCN)nc3)cc2)on1. The molecule has 3 aromatic heterocycles. The van der Waals surface area contributed by atoms with Gasteiger partial charge in [0, 0.05) is 61.0 Å². The molecular weight excluding hydrogens is 416 g/mol. The van der Waals surface area contributed by atoms with Crippen molar-refractivity contribution in [1.82, 2.24) is 25.0 Å². The van der Waals surface area contributed by atoms with Crippen LogP contribution in [0.4, 0.5) is 0 Å². The van der Waals surface area contributed by atoms with Crippen molar-refractivity contribution in [2.75, 3.05) is 13.1 Å². The van der Waals surface area contributed by atoms with Crippen molar-refractivity contribution < 1.29 is 9.63 Å². The Morgan fingerprint density at radius 2 is 1.88 bits per heavy atom. The summed E-state index contributed by atoms with van der Waals surface area (Å²) in [5.41, 5.74) is 9.85. The Bertz CT molecular complexity index is 1230. The first kappa shape index (κ1) is 22.4. The average Bonchev–Trinajstić information content (AvgIpc) is 3.49. The minimum atomic E-state index is -0.646. The molecule has 0 fully saturated rings. The number of nitrogens with zero attached hydrogens (tertiary/aromatic N) is 4. The van der Waals surface area contributed by atoms with Crippen LogP contribution in [0.5, 0.6) is 0 Å². The fraction of sp³-hybridized carbons (Fsp3) is 0.240. The number of hydrogen-bond donors (Lipinski definition) is 3. The number of nitrogens with one attached hydrogen (secondary N) is 1. The molecule has 0 saturated heterocycles. The third-order valence-electron chi connectivity index (χ3n) is 4.99. The molecule has 0 aliphatic rings. The number of nitrogens with two attached hydrogens (primary N) is 1. The molecule has 4 rings (SSSR count). The third kappa shape index (κ3) is 5.93. The van der Waals surface area contributed by atoms with Gasteiger partial charge in [0.15, 0.2) is 5.76 Å². The summed E-state index contributed by atoms with van der Waals surface area (Å²) in [6.07, 6.45) is 4.60. The van der Waals surface area contributed by atoms with E-state index in [1.54, 1.807) is 19.3 Å². The maximum Gasteiger partial charge on any atom is 0.167 e. The van der Waals surface area contributed by atoms with Crippen LogP contribution >= 0.6 is 0 Å². The van der Waals surface area contributed by atoms with Crippen LogP contribution in [0.25, 0.3) is 11.3 Å². The molecule has 8 heteroatoms. The number of benzene rings is 1. The molecule has 8 nitrogen and oxygen atoms in total. The predicted molar refractivity (Wildman–Crippen MR) is 125 cm³/mol. The molecule has 0 bridgehead atoms. The van der Waals surface area contributed by atoms with Gasteiger partial charge in [0.05, 0.1) is 12.2 Å². The van der Waals surface area contributed by atoms with E-state index in [4.69, 9.17) is 10.3 Å². The number of rotatable bonds is 8. The number of aliphatic hydroxyl groups is 1. The molecular formula is C25H26N6O2. The average molecular weight is 443 g/mol. The van der Waals surface area contributed by atoms with Crippen molar-refractivity contribution in [3.05, 3.63) is 89.4 Å². The lowest BCUT2D eigenvalue weighted by molar-refractivity contribution is 0.184. The van der Waals surface area contributed by atoms with E-state index in [2.05, 4.69) is 32.3 Å². The summed E-state index contributed by atoms with van der Waals surface area (Å²) in [6.45, 7) is 4.23. The van der Waals surface area contributed by atoms with Gasteiger partial charge in [-0.15, -0.1) is 0 Å². The van der Waals surface area contributed by atoms with Crippen LogP contribution in [0.1, 0.15) is 41.4 Å². The fourth-order valence-corrected chi connectivity index (χ4v) is 3.30. The van der Waals surface area contributed by atoms with Gasteiger partial charge >= 0.3 is 0 Å². The zero-order valence-corrected chi connectivity index (χ0v) is 18.4. The van der Waals surface area contributed by atoms with Crippen LogP contribution in [0.2, 0.25) is 0 Å². The number of pyridine rings is 1. The van der Waals surface area contributed by atoms with Gasteiger partial charge in [-0.2, -0.15) is 0 Å². The van der Waals surface area contributed by atoms with Gasteiger partial charge in [0.1, 0.15) is 17.6 Å². The van der Waals surface area contributed by atoms with E-state index in [1.165, 1.54) is 0 Å². The molecule has 4 aromatic rings. The van der Waals surface area contributed by atoms with Gasteiger partial charge in [-0.25, -0.2) is 4.98 Å². The molecule has 3 heterocycles. The first-order valence-electron chi connectivity index (χ1n) is 10.8. The van der Waals surface area contributed by atoms with Crippen LogP contribution in [0.15, 0.2) is 65.6 Å². The zero-order chi connectivity index (χ0) is 23.0. The second-order valence-electron chi connectivity index (χ2n) is 7.60. The highest BCUT2D eigenvalue weighted by Crippen LogP contribution is 2.22. The highest BCUT2D eigenvalue weighted by atomic mass is 16.5. The normalized spacial score (nSPS) is 11.7. The van der Waals surface area contributed by atoms with Crippen LogP contribution in [0.3, 0.4) is 0 Å². The second-order valence-corrected chi connectivity index (χ2v) is 7.60. The van der Waals surface area contributed by atoms with Gasteiger partial charge in [0.2, 0.25) is 0 Å². The van der Waals surface area contributed by atoms with E-state index in [1.807, 2.05) is 53.2 Å². The van der Waals surface area contributed by atoms with E-state index in [9.17, 15) is 5.11 Å². The fourth-order valence-electron chi connectivity index (χ4n) is 3.30. The zero-order valence-electron chi connectivity index (χ0n) is 18.4. The topological polar surface area (TPSA) is 115 Å². The maximum atomic E-state index is 9.80. The molecule has 168 valence electrons. The largest absolute Gasteiger partial charge is 0.385 e. The molecule has 0 aliphatic carbocycles. The number of aliphatic hydroxyl groups excluding tert-OH is 1. The summed E-state index contributed by atoms with van der Waals surface area (Å²) in [6, 6.07) is 13.6. The number of hydrogen-bond acceptors (Lipinski definition) is 7. The van der Waals surface area contributed by atoms with Gasteiger partial charge in [-0.05, 0) is 43.3 Å². The Hall–Kier alpha value is -3.77. The van der Waals surface area contributed by atoms with E-state index in [0.717, 1.165) is 34.6 Å². The first-order chi connectivity index (χ1) is 16.1. The Balaban J connectivity index is 1.39.